The highest BCUT2D eigenvalue weighted by Crippen LogP contribution is 2.70. The van der Waals surface area contributed by atoms with Gasteiger partial charge in [-0.1, -0.05) is 20.8 Å². The van der Waals surface area contributed by atoms with Gasteiger partial charge in [0.2, 0.25) is 0 Å². The van der Waals surface area contributed by atoms with E-state index < -0.39 is 0 Å². The maximum absolute atomic E-state index is 10.2. The average Bonchev–Trinajstić information content (AvgIpc) is 2.78. The summed E-state index contributed by atoms with van der Waals surface area (Å²) in [5.74, 6) is 3.40. The van der Waals surface area contributed by atoms with E-state index in [1.165, 1.54) is 44.9 Å². The predicted octanol–water partition coefficient (Wildman–Crippen LogP) is 4.78. The average molecular weight is 335 g/mol. The van der Waals surface area contributed by atoms with Crippen molar-refractivity contribution < 1.29 is 10.2 Å². The molecule has 0 aromatic heterocycles. The number of hydrogen-bond acceptors (Lipinski definition) is 2. The molecule has 2 N–H and O–H groups in total. The highest BCUT2D eigenvalue weighted by Gasteiger charge is 2.61. The van der Waals surface area contributed by atoms with Crippen molar-refractivity contribution in [2.45, 2.75) is 91.1 Å². The zero-order chi connectivity index (χ0) is 17.2. The third kappa shape index (κ3) is 2.28. The molecule has 0 bridgehead atoms. The Labute approximate surface area is 148 Å². The van der Waals surface area contributed by atoms with Gasteiger partial charge in [0, 0.05) is 6.61 Å². The van der Waals surface area contributed by atoms with Crippen LogP contribution in [0.15, 0.2) is 0 Å². The van der Waals surface area contributed by atoms with Crippen LogP contribution in [0, 0.1) is 39.9 Å². The van der Waals surface area contributed by atoms with Crippen molar-refractivity contribution >= 4 is 0 Å². The highest BCUT2D eigenvalue weighted by molar-refractivity contribution is 5.11. The monoisotopic (exact) mass is 334 g/mol. The minimum Gasteiger partial charge on any atom is -0.396 e. The van der Waals surface area contributed by atoms with E-state index in [0.29, 0.717) is 22.9 Å². The van der Waals surface area contributed by atoms with Crippen LogP contribution in [0.2, 0.25) is 0 Å². The molecule has 0 spiro atoms. The maximum atomic E-state index is 10.2. The van der Waals surface area contributed by atoms with Gasteiger partial charge >= 0.3 is 0 Å². The van der Waals surface area contributed by atoms with Gasteiger partial charge in [0.15, 0.2) is 0 Å². The Morgan fingerprint density at radius 1 is 0.917 bits per heavy atom. The van der Waals surface area contributed by atoms with E-state index >= 15 is 0 Å². The van der Waals surface area contributed by atoms with Crippen LogP contribution < -0.4 is 0 Å². The Morgan fingerprint density at radius 2 is 1.71 bits per heavy atom. The lowest BCUT2D eigenvalue weighted by molar-refractivity contribution is -0.131. The summed E-state index contributed by atoms with van der Waals surface area (Å²) < 4.78 is 0. The second-order valence-corrected chi connectivity index (χ2v) is 10.7. The quantitative estimate of drug-likeness (QED) is 0.763. The molecule has 0 radical (unpaired) electrons. The third-order valence-electron chi connectivity index (χ3n) is 10.0. The molecule has 4 rings (SSSR count). The van der Waals surface area contributed by atoms with Crippen LogP contribution >= 0.6 is 0 Å². The standard InChI is InChI=1S/C22H38O2/c1-20(10-11-23)8-6-17-13-19-15(14-22(17,20)3)4-5-16-12-18(24)7-9-21(16,19)2/h15-19,23-24H,4-14H2,1-3H3/t15-,16-,17+,18+,19-,20-,21-,22+/m1/s1. The molecule has 0 unspecified atom stereocenters. The number of rotatable bonds is 2. The van der Waals surface area contributed by atoms with Gasteiger partial charge in [0.1, 0.15) is 0 Å². The van der Waals surface area contributed by atoms with Crippen LogP contribution in [-0.4, -0.2) is 22.9 Å². The van der Waals surface area contributed by atoms with Crippen molar-refractivity contribution in [3.05, 3.63) is 0 Å². The zero-order valence-corrected chi connectivity index (χ0v) is 16.1. The SMILES string of the molecule is C[C@@]12CC[C@H](O)C[C@H]1CC[C@@H]1C[C@@]3(C)[C@@H](CC[C@]3(C)CCO)C[C@H]12. The lowest BCUT2D eigenvalue weighted by Gasteiger charge is -2.61. The smallest absolute Gasteiger partial charge is 0.0543 e. The number of fused-ring (bicyclic) bond motifs is 4. The molecule has 4 fully saturated rings. The number of hydrogen-bond donors (Lipinski definition) is 2. The van der Waals surface area contributed by atoms with Crippen molar-refractivity contribution in [2.75, 3.05) is 6.61 Å². The van der Waals surface area contributed by atoms with Crippen LogP contribution in [0.25, 0.3) is 0 Å². The molecule has 4 aliphatic rings. The fraction of sp³-hybridized carbons (Fsp3) is 1.00. The van der Waals surface area contributed by atoms with Gasteiger partial charge in [-0.25, -0.2) is 0 Å². The Balaban J connectivity index is 1.60. The van der Waals surface area contributed by atoms with E-state index in [1.54, 1.807) is 0 Å². The van der Waals surface area contributed by atoms with Gasteiger partial charge in [-0.15, -0.1) is 0 Å². The van der Waals surface area contributed by atoms with Gasteiger partial charge in [-0.3, -0.25) is 0 Å². The Bertz CT molecular complexity index is 490. The molecular formula is C22H38O2. The molecule has 138 valence electrons. The lowest BCUT2D eigenvalue weighted by atomic mass is 9.44. The van der Waals surface area contributed by atoms with Gasteiger partial charge in [-0.2, -0.15) is 0 Å². The van der Waals surface area contributed by atoms with Gasteiger partial charge in [0.05, 0.1) is 6.10 Å². The molecule has 0 amide bonds. The molecular weight excluding hydrogens is 296 g/mol. The topological polar surface area (TPSA) is 40.5 Å². The molecule has 4 aliphatic carbocycles. The summed E-state index contributed by atoms with van der Waals surface area (Å²) in [6.45, 7) is 7.96. The largest absolute Gasteiger partial charge is 0.396 e. The summed E-state index contributed by atoms with van der Waals surface area (Å²) in [6, 6.07) is 0. The van der Waals surface area contributed by atoms with E-state index in [1.807, 2.05) is 0 Å². The molecule has 24 heavy (non-hydrogen) atoms. The summed E-state index contributed by atoms with van der Waals surface area (Å²) in [5.41, 5.74) is 1.27. The third-order valence-corrected chi connectivity index (χ3v) is 10.0. The van der Waals surface area contributed by atoms with Crippen molar-refractivity contribution in [1.82, 2.24) is 0 Å². The maximum Gasteiger partial charge on any atom is 0.0543 e. The van der Waals surface area contributed by atoms with Crippen molar-refractivity contribution in [3.63, 3.8) is 0 Å². The van der Waals surface area contributed by atoms with E-state index in [4.69, 9.17) is 0 Å². The van der Waals surface area contributed by atoms with E-state index in [-0.39, 0.29) is 6.10 Å². The van der Waals surface area contributed by atoms with Gasteiger partial charge in [-0.05, 0) is 104 Å². The highest BCUT2D eigenvalue weighted by atomic mass is 16.3. The van der Waals surface area contributed by atoms with Gasteiger partial charge < -0.3 is 10.2 Å². The normalized spacial score (nSPS) is 57.1. The molecule has 2 heteroatoms. The fourth-order valence-electron chi connectivity index (χ4n) is 8.08. The summed E-state index contributed by atoms with van der Waals surface area (Å²) in [5, 5.41) is 19.8. The molecule has 8 atom stereocenters. The fourth-order valence-corrected chi connectivity index (χ4v) is 8.08. The summed E-state index contributed by atoms with van der Waals surface area (Å²) >= 11 is 0. The molecule has 4 saturated carbocycles. The van der Waals surface area contributed by atoms with E-state index in [0.717, 1.165) is 42.9 Å². The van der Waals surface area contributed by atoms with Crippen molar-refractivity contribution in [1.29, 1.82) is 0 Å². The summed E-state index contributed by atoms with van der Waals surface area (Å²) in [7, 11) is 0. The lowest BCUT2D eigenvalue weighted by Crippen LogP contribution is -2.54. The minimum atomic E-state index is -0.0344. The Hall–Kier alpha value is -0.0800. The molecule has 0 aliphatic heterocycles. The first-order valence-electron chi connectivity index (χ1n) is 10.6. The Kier molecular flexibility index (Phi) is 4.12. The first-order chi connectivity index (χ1) is 11.3. The van der Waals surface area contributed by atoms with E-state index in [2.05, 4.69) is 20.8 Å². The van der Waals surface area contributed by atoms with Gasteiger partial charge in [0.25, 0.3) is 0 Å². The Morgan fingerprint density at radius 3 is 2.46 bits per heavy atom. The molecule has 2 nitrogen and oxygen atoms in total. The van der Waals surface area contributed by atoms with Crippen molar-refractivity contribution in [2.24, 2.45) is 39.9 Å². The molecule has 0 heterocycles. The molecule has 0 saturated heterocycles. The van der Waals surface area contributed by atoms with Crippen LogP contribution in [0.4, 0.5) is 0 Å². The zero-order valence-electron chi connectivity index (χ0n) is 16.1. The molecule has 0 aromatic carbocycles. The van der Waals surface area contributed by atoms with Crippen LogP contribution in [0.5, 0.6) is 0 Å². The second-order valence-electron chi connectivity index (χ2n) is 10.7. The second kappa shape index (κ2) is 5.71. The molecule has 0 aromatic rings. The minimum absolute atomic E-state index is 0.0344. The van der Waals surface area contributed by atoms with Crippen LogP contribution in [0.3, 0.4) is 0 Å². The van der Waals surface area contributed by atoms with Crippen LogP contribution in [-0.2, 0) is 0 Å². The summed E-state index contributed by atoms with van der Waals surface area (Å²) in [6.07, 6.45) is 12.5. The first-order valence-corrected chi connectivity index (χ1v) is 10.6. The van der Waals surface area contributed by atoms with E-state index in [9.17, 15) is 10.2 Å². The van der Waals surface area contributed by atoms with Crippen molar-refractivity contribution in [3.8, 4) is 0 Å². The van der Waals surface area contributed by atoms with Crippen LogP contribution in [0.1, 0.15) is 85.0 Å². The number of aliphatic hydroxyl groups excluding tert-OH is 2. The predicted molar refractivity (Wildman–Crippen MR) is 97.5 cm³/mol. The first kappa shape index (κ1) is 17.3. The number of aliphatic hydroxyl groups is 2. The summed E-state index contributed by atoms with van der Waals surface area (Å²) in [4.78, 5) is 0.